The van der Waals surface area contributed by atoms with Crippen LogP contribution in [0.1, 0.15) is 246 Å². The van der Waals surface area contributed by atoms with E-state index in [0.29, 0.717) is 51.4 Å². The Hall–Kier alpha value is -5.04. The Morgan fingerprint density at radius 1 is 0.405 bits per heavy atom. The number of carboxylic acids is 4. The number of benzene rings is 1. The number of aliphatic carboxylic acids is 4. The second-order valence-electron chi connectivity index (χ2n) is 43.0. The number of allylic oxidation sites excluding steroid dienone is 4. The molecule has 0 radical (unpaired) electrons. The van der Waals surface area contributed by atoms with E-state index >= 15 is 0 Å². The van der Waals surface area contributed by atoms with Gasteiger partial charge >= 0.3 is 35.8 Å². The van der Waals surface area contributed by atoms with Crippen molar-refractivity contribution in [2.45, 2.75) is 336 Å². The molecule has 26 heteroatoms. The van der Waals surface area contributed by atoms with E-state index in [1.165, 1.54) is 35.4 Å². The first-order chi connectivity index (χ1) is 54.1. The molecule has 15 rings (SSSR count). The number of hydrogen-bond donors (Lipinski definition) is 12. The van der Waals surface area contributed by atoms with E-state index in [4.69, 9.17) is 37.9 Å². The van der Waals surface area contributed by atoms with E-state index in [1.807, 2.05) is 0 Å². The second kappa shape index (κ2) is 29.3. The Labute approximate surface area is 680 Å². The summed E-state index contributed by atoms with van der Waals surface area (Å²) < 4.78 is 49.2. The van der Waals surface area contributed by atoms with Crippen LogP contribution < -0.4 is 0 Å². The number of carboxylic acid groups (broad SMARTS) is 4. The molecule has 0 amide bonds. The van der Waals surface area contributed by atoms with Crippen molar-refractivity contribution >= 4 is 35.8 Å². The minimum Gasteiger partial charge on any atom is -0.481 e. The Bertz CT molecular complexity index is 3820. The third-order valence-corrected chi connectivity index (χ3v) is 36.2. The monoisotopic (exact) mass is 1630 g/mol. The SMILES string of the molecule is CC1(C)CC[C@]2(C(=O)O)CC[C@]3(C)C(=CC[C@@H]4[C@@]5(C)CC[C@H]([C@@H]6O[C@H](C(=O)O)[C@@H](O)[C@H](O)[C@H]6O[C@@H]6OC[C@@H](OC(=O)c7ccccc7C(=O)O[C@@H]7CO[C@@H](O[C@@H]8[C@@H](O)[C@H](O)[C@@H](C(=O)O)O[C@H]8[C@H]8CC[C@]9(C)[C@H]%10CC=C%11[C@@H]%12CC(C)(C)CC[C@]%12(C(=O)O)CC[C@@]%11(C)[C@]%10(C)CC[C@H]9C8(C)C)[C@H](O)[C@H]7O)[C@H](O)[C@H]6O)C(C)(C)[C@@H]5CC[C@]43C)[C@@H]2C1. The highest BCUT2D eigenvalue weighted by Gasteiger charge is 2.74. The zero-order valence-corrected chi connectivity index (χ0v) is 70.1. The molecule has 14 aliphatic rings. The lowest BCUT2D eigenvalue weighted by molar-refractivity contribution is -0.332. The summed E-state index contributed by atoms with van der Waals surface area (Å²) in [4.78, 5) is 81.0. The molecule has 12 fully saturated rings. The molecule has 4 aliphatic heterocycles. The Balaban J connectivity index is 0.592. The van der Waals surface area contributed by atoms with Crippen molar-refractivity contribution in [3.05, 3.63) is 58.7 Å². The predicted octanol–water partition coefficient (Wildman–Crippen LogP) is 9.82. The van der Waals surface area contributed by atoms with E-state index < -0.39 is 193 Å². The topological polar surface area (TPSA) is 419 Å². The van der Waals surface area contributed by atoms with Gasteiger partial charge in [0.25, 0.3) is 0 Å². The van der Waals surface area contributed by atoms with Crippen molar-refractivity contribution < 1.29 is 128 Å². The highest BCUT2D eigenvalue weighted by atomic mass is 16.7. The van der Waals surface area contributed by atoms with Crippen LogP contribution in [0.4, 0.5) is 0 Å². The van der Waals surface area contributed by atoms with Crippen molar-refractivity contribution in [3.63, 3.8) is 0 Å². The molecule has 26 nitrogen and oxygen atoms in total. The first-order valence-corrected chi connectivity index (χ1v) is 43.2. The number of hydrogen-bond acceptors (Lipinski definition) is 22. The van der Waals surface area contributed by atoms with Crippen LogP contribution in [0.25, 0.3) is 0 Å². The fourth-order valence-electron chi connectivity index (χ4n) is 29.2. The molecule has 0 bridgehead atoms. The molecule has 10 aliphatic carbocycles. The lowest BCUT2D eigenvalue weighted by Crippen LogP contribution is -2.68. The third kappa shape index (κ3) is 12.9. The van der Waals surface area contributed by atoms with Crippen LogP contribution in [0, 0.1) is 112 Å². The summed E-state index contributed by atoms with van der Waals surface area (Å²) in [5.41, 5.74) is -2.35. The molecular weight excluding hydrogens is 1500 g/mol. The summed E-state index contributed by atoms with van der Waals surface area (Å²) in [5, 5.41) is 137. The lowest BCUT2D eigenvalue weighted by atomic mass is 9.33. The fourth-order valence-corrected chi connectivity index (χ4v) is 29.2. The van der Waals surface area contributed by atoms with Crippen LogP contribution >= 0.6 is 0 Å². The average Bonchev–Trinajstić information content (AvgIpc) is 0.677. The molecule has 116 heavy (non-hydrogen) atoms. The van der Waals surface area contributed by atoms with Gasteiger partial charge in [0, 0.05) is 0 Å². The van der Waals surface area contributed by atoms with Crippen LogP contribution in [-0.4, -0.2) is 221 Å². The molecule has 0 unspecified atom stereocenters. The van der Waals surface area contributed by atoms with Gasteiger partial charge in [0.15, 0.2) is 37.0 Å². The van der Waals surface area contributed by atoms with E-state index in [9.17, 15) is 90.0 Å². The first kappa shape index (κ1) is 85.9. The number of aliphatic hydroxyl groups excluding tert-OH is 8. The molecule has 0 aromatic heterocycles. The van der Waals surface area contributed by atoms with Crippen molar-refractivity contribution in [3.8, 4) is 0 Å². The first-order valence-electron chi connectivity index (χ1n) is 43.2. The lowest BCUT2D eigenvalue weighted by Gasteiger charge is -2.71. The van der Waals surface area contributed by atoms with Gasteiger partial charge in [-0.15, -0.1) is 0 Å². The minimum absolute atomic E-state index is 0.00261. The zero-order chi connectivity index (χ0) is 84.2. The summed E-state index contributed by atoms with van der Waals surface area (Å²) in [6.45, 7) is 30.7. The summed E-state index contributed by atoms with van der Waals surface area (Å²) in [6, 6.07) is 5.29. The molecule has 0 spiro atoms. The summed E-state index contributed by atoms with van der Waals surface area (Å²) >= 11 is 0. The molecule has 646 valence electrons. The molecule has 4 saturated heterocycles. The summed E-state index contributed by atoms with van der Waals surface area (Å²) in [7, 11) is 0. The second-order valence-corrected chi connectivity index (χ2v) is 43.0. The van der Waals surface area contributed by atoms with Gasteiger partial charge in [-0.25, -0.2) is 19.2 Å². The van der Waals surface area contributed by atoms with Crippen LogP contribution in [0.15, 0.2) is 47.6 Å². The van der Waals surface area contributed by atoms with Gasteiger partial charge < -0.3 is 99.2 Å². The molecule has 1 aromatic rings. The number of esters is 2. The van der Waals surface area contributed by atoms with E-state index in [1.54, 1.807) is 0 Å². The average molecular weight is 1630 g/mol. The van der Waals surface area contributed by atoms with Gasteiger partial charge in [-0.2, -0.15) is 0 Å². The van der Waals surface area contributed by atoms with Crippen molar-refractivity contribution in [1.82, 2.24) is 0 Å². The smallest absolute Gasteiger partial charge is 0.339 e. The molecule has 12 N–H and O–H groups in total. The van der Waals surface area contributed by atoms with Crippen LogP contribution in [-0.2, 0) is 57.1 Å². The summed E-state index contributed by atoms with van der Waals surface area (Å²) in [6.07, 6.45) is -12.1. The molecule has 34 atom stereocenters. The van der Waals surface area contributed by atoms with Gasteiger partial charge in [-0.1, -0.05) is 132 Å². The quantitative estimate of drug-likeness (QED) is 0.0608. The van der Waals surface area contributed by atoms with Crippen LogP contribution in [0.3, 0.4) is 0 Å². The highest BCUT2D eigenvalue weighted by molar-refractivity contribution is 6.03. The normalized spacial score (nSPS) is 49.6. The third-order valence-electron chi connectivity index (χ3n) is 36.2. The van der Waals surface area contributed by atoms with Gasteiger partial charge in [-0.05, 0) is 242 Å². The van der Waals surface area contributed by atoms with Crippen LogP contribution in [0.5, 0.6) is 0 Å². The van der Waals surface area contributed by atoms with E-state index in [0.717, 1.165) is 77.0 Å². The maximum Gasteiger partial charge on any atom is 0.339 e. The van der Waals surface area contributed by atoms with Gasteiger partial charge in [0.2, 0.25) is 0 Å². The predicted molar refractivity (Wildman–Crippen MR) is 415 cm³/mol. The molecule has 4 heterocycles. The van der Waals surface area contributed by atoms with Gasteiger partial charge in [0.05, 0.1) is 47.4 Å². The van der Waals surface area contributed by atoms with E-state index in [-0.39, 0.29) is 90.0 Å². The minimum atomic E-state index is -2.00. The van der Waals surface area contributed by atoms with Crippen molar-refractivity contribution in [1.29, 1.82) is 0 Å². The largest absolute Gasteiger partial charge is 0.481 e. The molecular formula is C90H130O26. The highest BCUT2D eigenvalue weighted by Crippen LogP contribution is 2.79. The molecule has 8 saturated carbocycles. The van der Waals surface area contributed by atoms with Gasteiger partial charge in [-0.3, -0.25) is 9.59 Å². The Kier molecular flexibility index (Phi) is 21.7. The maximum absolute atomic E-state index is 14.3. The number of fused-ring (bicyclic) bond motifs is 14. The molecule has 1 aromatic carbocycles. The number of carbonyl (C=O) groups is 6. The maximum atomic E-state index is 14.3. The number of ether oxygens (including phenoxy) is 8. The van der Waals surface area contributed by atoms with Crippen LogP contribution in [0.2, 0.25) is 0 Å². The zero-order valence-electron chi connectivity index (χ0n) is 70.1. The summed E-state index contributed by atoms with van der Waals surface area (Å²) in [5.74, 6) is -7.42. The Morgan fingerprint density at radius 3 is 1.10 bits per heavy atom. The fraction of sp³-hybridized carbons (Fsp3) is 0.822. The Morgan fingerprint density at radius 2 is 0.759 bits per heavy atom. The van der Waals surface area contributed by atoms with E-state index in [2.05, 4.69) is 109 Å². The van der Waals surface area contributed by atoms with Crippen molar-refractivity contribution in [2.75, 3.05) is 13.2 Å². The van der Waals surface area contributed by atoms with Gasteiger partial charge in [0.1, 0.15) is 61.0 Å². The van der Waals surface area contributed by atoms with Crippen molar-refractivity contribution in [2.24, 2.45) is 112 Å². The standard InChI is InChI=1S/C90H130O26/c1-79(2)31-35-89(77(105)106)37-33-85(11)45(49(89)39-79)19-21-55-83(9)27-23-47(81(5,6)53(83)25-29-87(55,85)13)65-67(59(93)61(95)69(113-65)71(99)100)115-75-63(97)57(91)51(41-109-75)111-73(103)43-17-15-16-18-44(43)74(104)112-52-42-110-76(64(98)58(52)92)116-68-60(94)62(96)70(72(101)102)114-66(68)48-24-28-84(10)54(82(48,7)8)26-30-88(14)56(84)22-20-46-50-40-80(3,4)32-36-90(50,78(107)108)38-34-86(46,88)12/h15-20,47-70,75-76,91-98H,21-42H2,1-14H3,(H,99,100)(H,101,102)(H,105,106)(H,107,108)/t47-,48-,49+,50+,51-,52-,53+,54+,55-,56-,57+,58+,59+,60+,61+,62+,63-,64-,65+,66+,67-,68-,69+,70+,75+,76+,83+,84+,85-,86-,87-,88-,89+,90+/m1/s1. The number of rotatable bonds is 14. The number of aliphatic hydroxyl groups is 8. The number of carbonyl (C=O) groups excluding carboxylic acids is 2.